The van der Waals surface area contributed by atoms with Crippen LogP contribution in [-0.4, -0.2) is 43.9 Å². The molecule has 1 aliphatic heterocycles. The molecule has 0 bridgehead atoms. The standard InChI is InChI=1S/C14H28N2O3/c1-3-14(15,4-2)13(17)16-8-6-9-18-11-12-7-5-10-19-12/h12H,3-11,15H2,1-2H3,(H,16,17). The van der Waals surface area contributed by atoms with E-state index in [0.717, 1.165) is 25.9 Å². The predicted octanol–water partition coefficient (Wildman–Crippen LogP) is 1.21. The zero-order valence-corrected chi connectivity index (χ0v) is 12.2. The summed E-state index contributed by atoms with van der Waals surface area (Å²) >= 11 is 0. The molecule has 0 aliphatic carbocycles. The van der Waals surface area contributed by atoms with Gasteiger partial charge in [0, 0.05) is 19.8 Å². The molecule has 19 heavy (non-hydrogen) atoms. The van der Waals surface area contributed by atoms with Gasteiger partial charge in [0.25, 0.3) is 0 Å². The van der Waals surface area contributed by atoms with Crippen molar-refractivity contribution in [2.24, 2.45) is 5.73 Å². The lowest BCUT2D eigenvalue weighted by atomic mass is 9.93. The minimum absolute atomic E-state index is 0.0587. The van der Waals surface area contributed by atoms with E-state index in [-0.39, 0.29) is 12.0 Å². The first-order chi connectivity index (χ1) is 9.12. The van der Waals surface area contributed by atoms with Crippen LogP contribution in [0.3, 0.4) is 0 Å². The summed E-state index contributed by atoms with van der Waals surface area (Å²) in [4.78, 5) is 11.9. The summed E-state index contributed by atoms with van der Waals surface area (Å²) in [6.07, 6.45) is 4.62. The Balaban J connectivity index is 2.02. The average Bonchev–Trinajstić information content (AvgIpc) is 2.94. The molecule has 3 N–H and O–H groups in total. The van der Waals surface area contributed by atoms with Gasteiger partial charge in [-0.2, -0.15) is 0 Å². The van der Waals surface area contributed by atoms with Gasteiger partial charge in [0.15, 0.2) is 0 Å². The summed E-state index contributed by atoms with van der Waals surface area (Å²) in [5, 5.41) is 2.88. The summed E-state index contributed by atoms with van der Waals surface area (Å²) in [7, 11) is 0. The molecule has 1 saturated heterocycles. The average molecular weight is 272 g/mol. The van der Waals surface area contributed by atoms with E-state index in [1.54, 1.807) is 0 Å². The minimum atomic E-state index is -0.724. The molecule has 112 valence electrons. The zero-order chi connectivity index (χ0) is 14.1. The molecule has 5 nitrogen and oxygen atoms in total. The van der Waals surface area contributed by atoms with Gasteiger partial charge in [-0.05, 0) is 32.1 Å². The van der Waals surface area contributed by atoms with Crippen molar-refractivity contribution in [3.8, 4) is 0 Å². The minimum Gasteiger partial charge on any atom is -0.379 e. The highest BCUT2D eigenvalue weighted by molar-refractivity contribution is 5.85. The van der Waals surface area contributed by atoms with Crippen molar-refractivity contribution < 1.29 is 14.3 Å². The van der Waals surface area contributed by atoms with Gasteiger partial charge < -0.3 is 20.5 Å². The fourth-order valence-electron chi connectivity index (χ4n) is 2.11. The monoisotopic (exact) mass is 272 g/mol. The Morgan fingerprint density at radius 2 is 2.21 bits per heavy atom. The molecule has 0 radical (unpaired) electrons. The number of ether oxygens (including phenoxy) is 2. The smallest absolute Gasteiger partial charge is 0.240 e. The van der Waals surface area contributed by atoms with Crippen LogP contribution < -0.4 is 11.1 Å². The summed E-state index contributed by atoms with van der Waals surface area (Å²) in [5.74, 6) is -0.0587. The fraction of sp³-hybridized carbons (Fsp3) is 0.929. The van der Waals surface area contributed by atoms with Gasteiger partial charge in [-0.1, -0.05) is 13.8 Å². The van der Waals surface area contributed by atoms with Crippen LogP contribution in [0.25, 0.3) is 0 Å². The van der Waals surface area contributed by atoms with E-state index < -0.39 is 5.54 Å². The van der Waals surface area contributed by atoms with Crippen LogP contribution in [0.15, 0.2) is 0 Å². The Morgan fingerprint density at radius 1 is 1.47 bits per heavy atom. The lowest BCUT2D eigenvalue weighted by Gasteiger charge is -2.25. The van der Waals surface area contributed by atoms with Gasteiger partial charge in [0.05, 0.1) is 18.2 Å². The number of carbonyl (C=O) groups is 1. The van der Waals surface area contributed by atoms with Crippen LogP contribution >= 0.6 is 0 Å². The first-order valence-corrected chi connectivity index (χ1v) is 7.39. The van der Waals surface area contributed by atoms with Crippen molar-refractivity contribution in [2.45, 2.75) is 57.6 Å². The van der Waals surface area contributed by atoms with Crippen LogP contribution in [0.1, 0.15) is 46.0 Å². The summed E-state index contributed by atoms with van der Waals surface area (Å²) in [6.45, 7) is 6.66. The molecule has 0 aromatic carbocycles. The van der Waals surface area contributed by atoms with E-state index in [2.05, 4.69) is 5.32 Å². The normalized spacial score (nSPS) is 19.6. The van der Waals surface area contributed by atoms with E-state index in [4.69, 9.17) is 15.2 Å². The molecule has 0 spiro atoms. The molecule has 1 fully saturated rings. The molecule has 0 aromatic rings. The molecule has 1 heterocycles. The summed E-state index contributed by atoms with van der Waals surface area (Å²) in [5.41, 5.74) is 5.28. The maximum atomic E-state index is 11.9. The highest BCUT2D eigenvalue weighted by Gasteiger charge is 2.29. The molecule has 0 aromatic heterocycles. The van der Waals surface area contributed by atoms with E-state index in [1.807, 2.05) is 13.8 Å². The lowest BCUT2D eigenvalue weighted by molar-refractivity contribution is -0.126. The molecule has 1 atom stereocenters. The third-order valence-corrected chi connectivity index (χ3v) is 3.79. The third-order valence-electron chi connectivity index (χ3n) is 3.79. The number of rotatable bonds is 9. The number of nitrogens with one attached hydrogen (secondary N) is 1. The van der Waals surface area contributed by atoms with E-state index in [9.17, 15) is 4.79 Å². The van der Waals surface area contributed by atoms with Crippen molar-refractivity contribution in [1.29, 1.82) is 0 Å². The van der Waals surface area contributed by atoms with Crippen LogP contribution in [0.2, 0.25) is 0 Å². The van der Waals surface area contributed by atoms with Crippen molar-refractivity contribution in [3.05, 3.63) is 0 Å². The third kappa shape index (κ3) is 5.47. The second-order valence-corrected chi connectivity index (χ2v) is 5.18. The highest BCUT2D eigenvalue weighted by atomic mass is 16.5. The van der Waals surface area contributed by atoms with E-state index in [1.165, 1.54) is 0 Å². The van der Waals surface area contributed by atoms with Crippen LogP contribution in [-0.2, 0) is 14.3 Å². The summed E-state index contributed by atoms with van der Waals surface area (Å²) < 4.78 is 11.0. The molecular formula is C14H28N2O3. The number of nitrogens with two attached hydrogens (primary N) is 1. The second-order valence-electron chi connectivity index (χ2n) is 5.18. The second kappa shape index (κ2) is 8.51. The van der Waals surface area contributed by atoms with Gasteiger partial charge in [-0.3, -0.25) is 4.79 Å². The summed E-state index contributed by atoms with van der Waals surface area (Å²) in [6, 6.07) is 0. The topological polar surface area (TPSA) is 73.6 Å². The molecule has 1 aliphatic rings. The number of carbonyl (C=O) groups excluding carboxylic acids is 1. The van der Waals surface area contributed by atoms with Gasteiger partial charge in [-0.15, -0.1) is 0 Å². The van der Waals surface area contributed by atoms with Crippen molar-refractivity contribution in [3.63, 3.8) is 0 Å². The van der Waals surface area contributed by atoms with Crippen molar-refractivity contribution in [2.75, 3.05) is 26.4 Å². The Labute approximate surface area is 116 Å². The first kappa shape index (κ1) is 16.4. The maximum absolute atomic E-state index is 11.9. The first-order valence-electron chi connectivity index (χ1n) is 7.39. The molecule has 1 rings (SSSR count). The number of hydrogen-bond donors (Lipinski definition) is 2. The van der Waals surface area contributed by atoms with Crippen LogP contribution in [0.4, 0.5) is 0 Å². The SMILES string of the molecule is CCC(N)(CC)C(=O)NCCCOCC1CCCO1. The predicted molar refractivity (Wildman–Crippen MR) is 74.9 cm³/mol. The number of hydrogen-bond acceptors (Lipinski definition) is 4. The Bertz CT molecular complexity index is 261. The van der Waals surface area contributed by atoms with Crippen LogP contribution in [0.5, 0.6) is 0 Å². The molecular weight excluding hydrogens is 244 g/mol. The van der Waals surface area contributed by atoms with Crippen LogP contribution in [0, 0.1) is 0 Å². The fourth-order valence-corrected chi connectivity index (χ4v) is 2.11. The largest absolute Gasteiger partial charge is 0.379 e. The van der Waals surface area contributed by atoms with E-state index >= 15 is 0 Å². The molecule has 1 amide bonds. The Kier molecular flexibility index (Phi) is 7.34. The molecule has 1 unspecified atom stereocenters. The molecule has 0 saturated carbocycles. The van der Waals surface area contributed by atoms with E-state index in [0.29, 0.717) is 32.6 Å². The van der Waals surface area contributed by atoms with Crippen molar-refractivity contribution in [1.82, 2.24) is 5.32 Å². The molecule has 5 heteroatoms. The maximum Gasteiger partial charge on any atom is 0.240 e. The van der Waals surface area contributed by atoms with Crippen molar-refractivity contribution >= 4 is 5.91 Å². The quantitative estimate of drug-likeness (QED) is 0.619. The lowest BCUT2D eigenvalue weighted by Crippen LogP contribution is -2.53. The van der Waals surface area contributed by atoms with Gasteiger partial charge in [0.1, 0.15) is 0 Å². The highest BCUT2D eigenvalue weighted by Crippen LogP contribution is 2.12. The zero-order valence-electron chi connectivity index (χ0n) is 12.2. The van der Waals surface area contributed by atoms with Gasteiger partial charge in [0.2, 0.25) is 5.91 Å². The van der Waals surface area contributed by atoms with Gasteiger partial charge >= 0.3 is 0 Å². The Morgan fingerprint density at radius 3 is 2.79 bits per heavy atom. The van der Waals surface area contributed by atoms with Gasteiger partial charge in [-0.25, -0.2) is 0 Å². The Hall–Kier alpha value is -0.650. The number of amides is 1.